The first kappa shape index (κ1) is 86.8. The van der Waals surface area contributed by atoms with Crippen LogP contribution < -0.4 is 0 Å². The van der Waals surface area contributed by atoms with Gasteiger partial charge in [0.1, 0.15) is 0 Å². The van der Waals surface area contributed by atoms with Crippen LogP contribution in [0.15, 0.2) is 0 Å². The van der Waals surface area contributed by atoms with Gasteiger partial charge in [0.25, 0.3) is 0 Å². The number of nitrogens with zero attached hydrogens (tertiary/aromatic N) is 6. The second kappa shape index (κ2) is 2460. The Balaban J connectivity index is -0.00000000321. The van der Waals surface area contributed by atoms with Crippen molar-refractivity contribution < 1.29 is 33.8 Å². The summed E-state index contributed by atoms with van der Waals surface area (Å²) in [6, 6.07) is 0. The number of hydrogen-bond donors (Lipinski definition) is 0. The van der Waals surface area contributed by atoms with Crippen LogP contribution in [0.3, 0.4) is 0 Å². The molecule has 0 rings (SSSR count). The third kappa shape index (κ3) is 2010. The van der Waals surface area contributed by atoms with Crippen molar-refractivity contribution in [1.82, 2.24) is 0 Å². The van der Waals surface area contributed by atoms with E-state index in [-0.39, 0.29) is 137 Å². The quantitative estimate of drug-likeness (QED) is 0.438. The molecule has 6 nitrogen and oxygen atoms in total. The monoisotopic (exact) mass is 349 g/mol. The van der Waals surface area contributed by atoms with E-state index in [1.807, 2.05) is 0 Å². The van der Waals surface area contributed by atoms with Gasteiger partial charge in [-0.3, -0.25) is 0 Å². The summed E-state index contributed by atoms with van der Waals surface area (Å²) < 4.78 is 0. The van der Waals surface area contributed by atoms with Gasteiger partial charge in [-0.05, 0) is 0 Å². The normalized spacial score (nSPS) is 0.750. The van der Waals surface area contributed by atoms with E-state index >= 15 is 0 Å². The van der Waals surface area contributed by atoms with Crippen molar-refractivity contribution in [2.45, 2.75) is 0 Å². The third-order valence-electron chi connectivity index (χ3n) is 0. The average Bonchev–Trinajstić information content (AvgIpc) is 2.33. The Morgan fingerprint density at radius 2 is 0.375 bits per heavy atom. The second-order valence-electron chi connectivity index (χ2n) is 0. The molecule has 79 valence electrons. The largest absolute Gasteiger partial charge is 0.512 e. The van der Waals surface area contributed by atoms with Gasteiger partial charge in [0.2, 0.25) is 0 Å². The molecule has 0 N–H and O–H groups in total. The van der Waals surface area contributed by atoms with Crippen LogP contribution in [0.5, 0.6) is 0 Å². The van der Waals surface area contributed by atoms with Crippen molar-refractivity contribution in [3.05, 3.63) is 39.4 Å². The zero-order chi connectivity index (χ0) is 12.0. The predicted octanol–water partition coefficient (Wildman–Crippen LogP) is -0.188. The van der Waals surface area contributed by atoms with Crippen molar-refractivity contribution in [3.63, 3.8) is 0 Å². The molecular formula is C6CoFeK2N6-6. The van der Waals surface area contributed by atoms with Gasteiger partial charge in [-0.25, -0.2) is 0 Å². The van der Waals surface area contributed by atoms with Crippen molar-refractivity contribution >= 4 is 103 Å². The summed E-state index contributed by atoms with van der Waals surface area (Å²) in [5, 5.41) is 37.5. The molecule has 0 aliphatic heterocycles. The molecule has 0 heterocycles. The van der Waals surface area contributed by atoms with Crippen molar-refractivity contribution in [3.8, 4) is 0 Å². The standard InChI is InChI=1S/6CN.Co.Fe.2K/c6*1-2;;;;/q6*-1;;;;. The van der Waals surface area contributed by atoms with E-state index in [2.05, 4.69) is 0 Å². The minimum atomic E-state index is 0. The molecule has 0 aromatic carbocycles. The molecular weight excluding hydrogens is 349 g/mol. The Kier molecular flexibility index (Phi) is 13300. The Morgan fingerprint density at radius 1 is 0.375 bits per heavy atom. The first-order valence-corrected chi connectivity index (χ1v) is 1.34. The van der Waals surface area contributed by atoms with Crippen LogP contribution >= 0.6 is 0 Å². The topological polar surface area (TPSA) is 143 Å². The third-order valence-corrected chi connectivity index (χ3v) is 0. The zero-order valence-electron chi connectivity index (χ0n) is 8.37. The second-order valence-corrected chi connectivity index (χ2v) is 0. The molecule has 0 atom stereocenters. The predicted molar refractivity (Wildman–Crippen MR) is 41.3 cm³/mol. The number of rotatable bonds is 0. The minimum absolute atomic E-state index is 0. The molecule has 3 radical (unpaired) electrons. The van der Waals surface area contributed by atoms with Crippen LogP contribution in [0.1, 0.15) is 0 Å². The molecule has 0 saturated heterocycles. The summed E-state index contributed by atoms with van der Waals surface area (Å²) in [5.41, 5.74) is 0. The fourth-order valence-electron chi connectivity index (χ4n) is 0. The summed E-state index contributed by atoms with van der Waals surface area (Å²) >= 11 is 0. The van der Waals surface area contributed by atoms with Gasteiger partial charge in [0, 0.05) is 137 Å². The van der Waals surface area contributed by atoms with Gasteiger partial charge in [0.05, 0.1) is 0 Å². The van der Waals surface area contributed by atoms with Gasteiger partial charge in [0.15, 0.2) is 0 Å². The van der Waals surface area contributed by atoms with Gasteiger partial charge in [-0.1, -0.05) is 0 Å². The van der Waals surface area contributed by atoms with E-state index in [0.29, 0.717) is 0 Å². The van der Waals surface area contributed by atoms with Crippen LogP contribution in [0.2, 0.25) is 0 Å². The maximum Gasteiger partial charge on any atom is 0 e. The van der Waals surface area contributed by atoms with E-state index in [1.165, 1.54) is 0 Å². The summed E-state index contributed by atoms with van der Waals surface area (Å²) in [6.07, 6.45) is 0. The molecule has 16 heavy (non-hydrogen) atoms. The Morgan fingerprint density at radius 3 is 0.375 bits per heavy atom. The summed E-state index contributed by atoms with van der Waals surface area (Å²) in [5.74, 6) is 0. The summed E-state index contributed by atoms with van der Waals surface area (Å²) in [7, 11) is 0. The van der Waals surface area contributed by atoms with Crippen molar-refractivity contribution in [2.75, 3.05) is 0 Å². The smallest absolute Gasteiger partial charge is 0 e. The molecule has 0 spiro atoms. The minimum Gasteiger partial charge on any atom is -0.512 e. The van der Waals surface area contributed by atoms with E-state index in [1.54, 1.807) is 0 Å². The van der Waals surface area contributed by atoms with Gasteiger partial charge >= 0.3 is 0 Å². The Bertz CT molecular complexity index is 106. The van der Waals surface area contributed by atoms with Crippen LogP contribution in [0.25, 0.3) is 0 Å². The van der Waals surface area contributed by atoms with Crippen molar-refractivity contribution in [2.24, 2.45) is 0 Å². The summed E-state index contributed by atoms with van der Waals surface area (Å²) in [6.45, 7) is 28.5. The molecule has 0 saturated carbocycles. The fourth-order valence-corrected chi connectivity index (χ4v) is 0. The molecule has 0 aromatic rings. The molecule has 0 aliphatic carbocycles. The van der Waals surface area contributed by atoms with Crippen molar-refractivity contribution in [1.29, 1.82) is 31.6 Å². The Labute approximate surface area is 203 Å². The molecule has 10 heteroatoms. The van der Waals surface area contributed by atoms with Gasteiger partial charge in [-0.15, -0.1) is 0 Å². The maximum atomic E-state index is 6.25. The SMILES string of the molecule is [C-]#N.[C-]#N.[C-]#N.[C-]#N.[C-]#N.[C-]#N.[Co].[Fe].[K].[K]. The van der Waals surface area contributed by atoms with Crippen LogP contribution in [-0.2, 0) is 33.8 Å². The first-order valence-electron chi connectivity index (χ1n) is 1.34. The van der Waals surface area contributed by atoms with E-state index in [0.717, 1.165) is 0 Å². The van der Waals surface area contributed by atoms with E-state index in [4.69, 9.17) is 71.0 Å². The zero-order valence-corrected chi connectivity index (χ0v) is 16.8. The molecule has 0 fully saturated rings. The molecule has 0 bridgehead atoms. The van der Waals surface area contributed by atoms with Crippen LogP contribution in [-0.4, -0.2) is 103 Å². The molecule has 0 unspecified atom stereocenters. The molecule has 0 amide bonds. The van der Waals surface area contributed by atoms with E-state index < -0.39 is 0 Å². The van der Waals surface area contributed by atoms with Gasteiger partial charge in [-0.2, -0.15) is 0 Å². The summed E-state index contributed by atoms with van der Waals surface area (Å²) in [4.78, 5) is 0. The molecule has 0 aromatic heterocycles. The fraction of sp³-hybridized carbons (Fsp3) is 0. The molecule has 0 aliphatic rings. The Hall–Kier alpha value is 1.24. The number of hydrogen-bond acceptors (Lipinski definition) is 6. The van der Waals surface area contributed by atoms with Gasteiger partial charge < -0.3 is 71.0 Å². The first-order chi connectivity index (χ1) is 6.00. The maximum absolute atomic E-state index is 6.25. The van der Waals surface area contributed by atoms with Crippen LogP contribution in [0.4, 0.5) is 0 Å². The van der Waals surface area contributed by atoms with Crippen LogP contribution in [0, 0.1) is 71.0 Å². The average molecular weight is 349 g/mol. The van der Waals surface area contributed by atoms with E-state index in [9.17, 15) is 0 Å².